The molecule has 0 radical (unpaired) electrons. The predicted molar refractivity (Wildman–Crippen MR) is 96.2 cm³/mol. The van der Waals surface area contributed by atoms with Gasteiger partial charge in [0, 0.05) is 21.2 Å². The minimum Gasteiger partial charge on any atom is -0.456 e. The van der Waals surface area contributed by atoms with Crippen LogP contribution in [0.2, 0.25) is 5.02 Å². The van der Waals surface area contributed by atoms with Gasteiger partial charge in [-0.3, -0.25) is 4.79 Å². The Morgan fingerprint density at radius 2 is 1.93 bits per heavy atom. The molecule has 2 aromatic carbocycles. The number of aromatic nitrogens is 2. The summed E-state index contributed by atoms with van der Waals surface area (Å²) in [6, 6.07) is 10.5. The molecule has 3 aromatic rings. The van der Waals surface area contributed by atoms with E-state index in [0.29, 0.717) is 21.5 Å². The molecule has 0 saturated heterocycles. The molecule has 0 bridgehead atoms. The van der Waals surface area contributed by atoms with E-state index in [2.05, 4.69) is 10.1 Å². The zero-order valence-electron chi connectivity index (χ0n) is 13.8. The Bertz CT molecular complexity index is 935. The van der Waals surface area contributed by atoms with Crippen molar-refractivity contribution in [3.05, 3.63) is 65.0 Å². The topological polar surface area (TPSA) is 65.2 Å². The first kappa shape index (κ1) is 19.3. The first-order valence-corrected chi connectivity index (χ1v) is 9.19. The fraction of sp³-hybridized carbons (Fsp3) is 0.167. The Morgan fingerprint density at radius 3 is 2.67 bits per heavy atom. The van der Waals surface area contributed by atoms with Crippen molar-refractivity contribution in [3.8, 4) is 11.4 Å². The second kappa shape index (κ2) is 8.96. The highest BCUT2D eigenvalue weighted by atomic mass is 35.5. The third-order valence-electron chi connectivity index (χ3n) is 3.39. The number of hydrogen-bond acceptors (Lipinski definition) is 6. The maximum Gasteiger partial charge on any atom is 0.307 e. The Labute approximate surface area is 162 Å². The molecule has 0 N–H and O–H groups in total. The van der Waals surface area contributed by atoms with Gasteiger partial charge >= 0.3 is 5.97 Å². The quantitative estimate of drug-likeness (QED) is 0.408. The number of carbonyl (C=O) groups excluding carboxylic acids is 1. The minimum absolute atomic E-state index is 0.0990. The summed E-state index contributed by atoms with van der Waals surface area (Å²) in [5.74, 6) is -1.39. The standard InChI is InChI=1S/C18H13ClF2N2O3S/c19-12-3-1-11(2-4-12)18-22-16(26-23-18)10-25-17(24)7-8-27-13-5-6-14(20)15(21)9-13/h1-6,9H,7-8,10H2. The number of thioether (sulfide) groups is 1. The minimum atomic E-state index is -0.921. The number of ether oxygens (including phenoxy) is 1. The van der Waals surface area contributed by atoms with Gasteiger partial charge < -0.3 is 9.26 Å². The highest BCUT2D eigenvalue weighted by Gasteiger charge is 2.11. The molecule has 1 aromatic heterocycles. The summed E-state index contributed by atoms with van der Waals surface area (Å²) in [5.41, 5.74) is 0.726. The summed E-state index contributed by atoms with van der Waals surface area (Å²) in [4.78, 5) is 16.4. The van der Waals surface area contributed by atoms with Crippen molar-refractivity contribution in [1.82, 2.24) is 10.1 Å². The third-order valence-corrected chi connectivity index (χ3v) is 4.64. The monoisotopic (exact) mass is 410 g/mol. The molecule has 27 heavy (non-hydrogen) atoms. The molecule has 0 aliphatic carbocycles. The van der Waals surface area contributed by atoms with Gasteiger partial charge in [-0.25, -0.2) is 8.78 Å². The number of esters is 1. The average Bonchev–Trinajstić information content (AvgIpc) is 3.12. The number of halogens is 3. The van der Waals surface area contributed by atoms with Crippen LogP contribution in [0.15, 0.2) is 51.9 Å². The predicted octanol–water partition coefficient (Wildman–Crippen LogP) is 4.89. The molecule has 0 amide bonds. The van der Waals surface area contributed by atoms with Gasteiger partial charge in [0.1, 0.15) is 0 Å². The number of hydrogen-bond donors (Lipinski definition) is 0. The summed E-state index contributed by atoms with van der Waals surface area (Å²) >= 11 is 7.05. The summed E-state index contributed by atoms with van der Waals surface area (Å²) in [5, 5.41) is 4.42. The molecular weight excluding hydrogens is 398 g/mol. The molecule has 0 unspecified atom stereocenters. The van der Waals surface area contributed by atoms with E-state index in [9.17, 15) is 13.6 Å². The number of benzene rings is 2. The second-order valence-corrected chi connectivity index (χ2v) is 6.96. The van der Waals surface area contributed by atoms with Gasteiger partial charge in [-0.1, -0.05) is 16.8 Å². The van der Waals surface area contributed by atoms with E-state index in [1.54, 1.807) is 24.3 Å². The van der Waals surface area contributed by atoms with Gasteiger partial charge in [0.2, 0.25) is 5.82 Å². The molecule has 0 aliphatic heterocycles. The van der Waals surface area contributed by atoms with E-state index in [4.69, 9.17) is 20.9 Å². The SMILES string of the molecule is O=C(CCSc1ccc(F)c(F)c1)OCc1nc(-c2ccc(Cl)cc2)no1. The lowest BCUT2D eigenvalue weighted by atomic mass is 10.2. The zero-order valence-corrected chi connectivity index (χ0v) is 15.4. The van der Waals surface area contributed by atoms with Gasteiger partial charge in [0.05, 0.1) is 6.42 Å². The van der Waals surface area contributed by atoms with Gasteiger partial charge in [-0.2, -0.15) is 4.98 Å². The number of carbonyl (C=O) groups is 1. The normalized spacial score (nSPS) is 10.8. The van der Waals surface area contributed by atoms with E-state index in [0.717, 1.165) is 17.7 Å². The first-order chi connectivity index (χ1) is 13.0. The number of rotatable bonds is 7. The van der Waals surface area contributed by atoms with Crippen LogP contribution in [-0.4, -0.2) is 21.9 Å². The summed E-state index contributed by atoms with van der Waals surface area (Å²) in [6.07, 6.45) is 0.0990. The van der Waals surface area contributed by atoms with Crippen LogP contribution in [-0.2, 0) is 16.1 Å². The van der Waals surface area contributed by atoms with Crippen molar-refractivity contribution in [3.63, 3.8) is 0 Å². The summed E-state index contributed by atoms with van der Waals surface area (Å²) < 4.78 is 36.1. The lowest BCUT2D eigenvalue weighted by Crippen LogP contribution is -2.05. The fourth-order valence-electron chi connectivity index (χ4n) is 2.06. The van der Waals surface area contributed by atoms with E-state index in [1.165, 1.54) is 17.8 Å². The fourth-order valence-corrected chi connectivity index (χ4v) is 3.04. The first-order valence-electron chi connectivity index (χ1n) is 7.83. The lowest BCUT2D eigenvalue weighted by Gasteiger charge is -2.03. The third kappa shape index (κ3) is 5.51. The number of nitrogens with zero attached hydrogens (tertiary/aromatic N) is 2. The Hall–Kier alpha value is -2.45. The van der Waals surface area contributed by atoms with Crippen molar-refractivity contribution in [2.45, 2.75) is 17.9 Å². The maximum absolute atomic E-state index is 13.1. The van der Waals surface area contributed by atoms with Crippen molar-refractivity contribution < 1.29 is 22.8 Å². The van der Waals surface area contributed by atoms with E-state index in [-0.39, 0.29) is 18.9 Å². The van der Waals surface area contributed by atoms with Crippen LogP contribution in [0.1, 0.15) is 12.3 Å². The largest absolute Gasteiger partial charge is 0.456 e. The van der Waals surface area contributed by atoms with E-state index < -0.39 is 17.6 Å². The molecule has 3 rings (SSSR count). The van der Waals surface area contributed by atoms with Crippen LogP contribution in [0.25, 0.3) is 11.4 Å². The van der Waals surface area contributed by atoms with Crippen LogP contribution in [0.5, 0.6) is 0 Å². The highest BCUT2D eigenvalue weighted by Crippen LogP contribution is 2.22. The highest BCUT2D eigenvalue weighted by molar-refractivity contribution is 7.99. The summed E-state index contributed by atoms with van der Waals surface area (Å²) in [7, 11) is 0. The molecule has 9 heteroatoms. The van der Waals surface area contributed by atoms with Gasteiger partial charge in [-0.15, -0.1) is 11.8 Å². The second-order valence-electron chi connectivity index (χ2n) is 5.35. The van der Waals surface area contributed by atoms with Gasteiger partial charge in [0.15, 0.2) is 18.2 Å². The van der Waals surface area contributed by atoms with E-state index >= 15 is 0 Å². The average molecular weight is 411 g/mol. The molecular formula is C18H13ClF2N2O3S. The van der Waals surface area contributed by atoms with Crippen LogP contribution >= 0.6 is 23.4 Å². The Kier molecular flexibility index (Phi) is 6.41. The van der Waals surface area contributed by atoms with Crippen LogP contribution < -0.4 is 0 Å². The zero-order chi connectivity index (χ0) is 19.2. The maximum atomic E-state index is 13.1. The van der Waals surface area contributed by atoms with Crippen LogP contribution in [0.3, 0.4) is 0 Å². The van der Waals surface area contributed by atoms with Gasteiger partial charge in [0.25, 0.3) is 5.89 Å². The summed E-state index contributed by atoms with van der Waals surface area (Å²) in [6.45, 7) is -0.144. The van der Waals surface area contributed by atoms with Crippen molar-refractivity contribution in [2.75, 3.05) is 5.75 Å². The molecule has 0 atom stereocenters. The molecule has 0 saturated carbocycles. The van der Waals surface area contributed by atoms with Crippen molar-refractivity contribution in [1.29, 1.82) is 0 Å². The van der Waals surface area contributed by atoms with Crippen LogP contribution in [0.4, 0.5) is 8.78 Å². The molecule has 0 aliphatic rings. The molecule has 140 valence electrons. The Morgan fingerprint density at radius 1 is 1.15 bits per heavy atom. The van der Waals surface area contributed by atoms with Gasteiger partial charge in [-0.05, 0) is 42.5 Å². The lowest BCUT2D eigenvalue weighted by molar-refractivity contribution is -0.145. The molecule has 0 spiro atoms. The molecule has 1 heterocycles. The van der Waals surface area contributed by atoms with Crippen molar-refractivity contribution in [2.24, 2.45) is 0 Å². The molecule has 0 fully saturated rings. The smallest absolute Gasteiger partial charge is 0.307 e. The van der Waals surface area contributed by atoms with Crippen molar-refractivity contribution >= 4 is 29.3 Å². The molecule has 5 nitrogen and oxygen atoms in total. The van der Waals surface area contributed by atoms with E-state index in [1.807, 2.05) is 0 Å². The Balaban J connectivity index is 1.44. The van der Waals surface area contributed by atoms with Crippen LogP contribution in [0, 0.1) is 11.6 Å².